The van der Waals surface area contributed by atoms with Crippen molar-refractivity contribution in [2.45, 2.75) is 44.5 Å². The van der Waals surface area contributed by atoms with Crippen molar-refractivity contribution < 1.29 is 29.3 Å². The first-order valence-corrected chi connectivity index (χ1v) is 12.4. The third-order valence-electron chi connectivity index (χ3n) is 5.90. The molecule has 2 aliphatic rings. The van der Waals surface area contributed by atoms with Gasteiger partial charge in [-0.1, -0.05) is 43.3 Å². The van der Waals surface area contributed by atoms with Crippen molar-refractivity contribution >= 4 is 26.7 Å². The molecule has 1 aromatic carbocycles. The lowest BCUT2D eigenvalue weighted by atomic mass is 9.83. The molecule has 5 unspecified atom stereocenters. The maximum atomic E-state index is 13.5. The second-order valence-electron chi connectivity index (χ2n) is 8.55. The van der Waals surface area contributed by atoms with Gasteiger partial charge >= 0.3 is 5.97 Å². The predicted molar refractivity (Wildman–Crippen MR) is 134 cm³/mol. The molecule has 8 heteroatoms. The Labute approximate surface area is 203 Å². The van der Waals surface area contributed by atoms with Crippen LogP contribution in [0.15, 0.2) is 54.3 Å². The van der Waals surface area contributed by atoms with Crippen molar-refractivity contribution in [1.29, 1.82) is 0 Å². The second-order valence-corrected chi connectivity index (χ2v) is 9.55. The van der Waals surface area contributed by atoms with Crippen LogP contribution in [0.2, 0.25) is 0 Å². The first-order valence-electron chi connectivity index (χ1n) is 11.7. The lowest BCUT2D eigenvalue weighted by molar-refractivity contribution is -0.146. The molecular weight excluding hydrogens is 453 g/mol. The van der Waals surface area contributed by atoms with Gasteiger partial charge in [0.25, 0.3) is 5.91 Å². The topological polar surface area (TPSA) is 96.3 Å². The highest BCUT2D eigenvalue weighted by Crippen LogP contribution is 2.35. The molecule has 2 N–H and O–H groups in total. The molecule has 0 bridgehead atoms. The zero-order chi connectivity index (χ0) is 24.7. The minimum Gasteiger partial charge on any atom is -0.491 e. The number of allylic oxidation sites excluding steroid dienone is 1. The fraction of sp³-hybridized carbons (Fsp3) is 0.462. The highest BCUT2D eigenvalue weighted by molar-refractivity contribution is 7.19. The van der Waals surface area contributed by atoms with E-state index >= 15 is 0 Å². The van der Waals surface area contributed by atoms with E-state index < -0.39 is 12.1 Å². The minimum absolute atomic E-state index is 0.00549. The Kier molecular flexibility index (Phi) is 9.45. The van der Waals surface area contributed by atoms with Gasteiger partial charge < -0.3 is 24.6 Å². The van der Waals surface area contributed by atoms with Gasteiger partial charge in [0.2, 0.25) is 0 Å². The maximum absolute atomic E-state index is 13.5. The Bertz CT molecular complexity index is 970. The smallest absolute Gasteiger partial charge is 0.312 e. The minimum atomic E-state index is -0.963. The number of rotatable bonds is 11. The number of amides is 1. The number of benzene rings is 1. The summed E-state index contributed by atoms with van der Waals surface area (Å²) >= 11 is 0. The Morgan fingerprint density at radius 1 is 1.24 bits per heavy atom. The van der Waals surface area contributed by atoms with Crippen molar-refractivity contribution in [2.75, 3.05) is 26.4 Å². The van der Waals surface area contributed by atoms with E-state index in [0.29, 0.717) is 24.3 Å². The van der Waals surface area contributed by atoms with E-state index in [1.165, 1.54) is 0 Å². The molecule has 3 rings (SSSR count). The number of hydrogen-bond donors (Lipinski definition) is 2. The lowest BCUT2D eigenvalue weighted by Gasteiger charge is -2.39. The van der Waals surface area contributed by atoms with Gasteiger partial charge in [-0.25, -0.2) is 0 Å². The van der Waals surface area contributed by atoms with E-state index in [2.05, 4.69) is 16.2 Å². The van der Waals surface area contributed by atoms with Crippen molar-refractivity contribution in [1.82, 2.24) is 4.90 Å². The highest BCUT2D eigenvalue weighted by atomic mass is 31.0. The normalized spacial score (nSPS) is 21.3. The molecule has 5 atom stereocenters. The molecule has 0 saturated heterocycles. The number of carbonyl (C=O) groups excluding carboxylic acids is 2. The molecule has 0 radical (unpaired) electrons. The molecule has 0 fully saturated rings. The van der Waals surface area contributed by atoms with E-state index in [1.807, 2.05) is 48.6 Å². The first kappa shape index (κ1) is 26.1. The summed E-state index contributed by atoms with van der Waals surface area (Å²) in [5, 5.41) is 19.5. The van der Waals surface area contributed by atoms with Gasteiger partial charge in [0, 0.05) is 24.6 Å². The Morgan fingerprint density at radius 2 is 2.00 bits per heavy atom. The fourth-order valence-corrected chi connectivity index (χ4v) is 4.19. The summed E-state index contributed by atoms with van der Waals surface area (Å²) in [6.07, 6.45) is 8.06. The number of ether oxygens (including phenoxy) is 2. The fourth-order valence-electron chi connectivity index (χ4n) is 4.10. The molecule has 1 heterocycles. The third kappa shape index (κ3) is 6.35. The van der Waals surface area contributed by atoms with Gasteiger partial charge in [-0.05, 0) is 43.0 Å². The lowest BCUT2D eigenvalue weighted by Crippen LogP contribution is -2.48. The molecule has 0 aromatic heterocycles. The van der Waals surface area contributed by atoms with E-state index in [9.17, 15) is 19.8 Å². The van der Waals surface area contributed by atoms with Crippen molar-refractivity contribution in [3.05, 3.63) is 65.5 Å². The maximum Gasteiger partial charge on any atom is 0.312 e. The summed E-state index contributed by atoms with van der Waals surface area (Å²) in [5.41, 5.74) is 2.40. The number of esters is 1. The van der Waals surface area contributed by atoms with Crippen LogP contribution >= 0.6 is 9.24 Å². The van der Waals surface area contributed by atoms with Crippen molar-refractivity contribution in [3.63, 3.8) is 0 Å². The van der Waals surface area contributed by atoms with E-state index in [1.54, 1.807) is 11.8 Å². The molecule has 0 saturated carbocycles. The molecule has 34 heavy (non-hydrogen) atoms. The van der Waals surface area contributed by atoms with Gasteiger partial charge in [0.1, 0.15) is 25.1 Å². The van der Waals surface area contributed by atoms with Crippen LogP contribution in [0.25, 0.3) is 5.57 Å². The summed E-state index contributed by atoms with van der Waals surface area (Å²) in [4.78, 5) is 26.9. The summed E-state index contributed by atoms with van der Waals surface area (Å²) in [7, 11) is 2.35. The highest BCUT2D eigenvalue weighted by Gasteiger charge is 2.36. The van der Waals surface area contributed by atoms with Gasteiger partial charge in [-0.15, -0.1) is 9.24 Å². The van der Waals surface area contributed by atoms with Crippen LogP contribution in [-0.2, 0) is 25.5 Å². The molecule has 184 valence electrons. The molecule has 7 nitrogen and oxygen atoms in total. The largest absolute Gasteiger partial charge is 0.491 e. The standard InChI is InChI=1S/C26H34NO6P/c1-3-18-7-4-5-8-22(18)23-13-19-9-10-21(14-24(19)27(25(23)30)11-6-12-28)32-15-20(29)16-33-26(31)17(2)34/h4-5,7-10,13-14,17,19-20,24,28-29H,3,6,11-12,15-16,34H2,1-2H3. The molecular formula is C26H34NO6P. The second kappa shape index (κ2) is 12.3. The van der Waals surface area contributed by atoms with Crippen molar-refractivity contribution in [3.8, 4) is 0 Å². The number of aliphatic hydroxyl groups is 2. The number of aliphatic hydroxyl groups excluding tert-OH is 2. The molecule has 1 aliphatic carbocycles. The number of hydrogen-bond acceptors (Lipinski definition) is 6. The molecule has 1 amide bonds. The summed E-state index contributed by atoms with van der Waals surface area (Å²) < 4.78 is 10.8. The zero-order valence-corrected chi connectivity index (χ0v) is 20.9. The predicted octanol–water partition coefficient (Wildman–Crippen LogP) is 2.48. The summed E-state index contributed by atoms with van der Waals surface area (Å²) in [5.74, 6) is 0.0351. The van der Waals surface area contributed by atoms with Crippen LogP contribution in [0.4, 0.5) is 0 Å². The average Bonchev–Trinajstić information content (AvgIpc) is 2.85. The SMILES string of the molecule is CCc1ccccc1C1=CC2C=CC(OCC(O)COC(=O)C(C)P)=CC2N(CCCO)C1=O. The monoisotopic (exact) mass is 487 g/mol. The van der Waals surface area contributed by atoms with Crippen LogP contribution in [0, 0.1) is 5.92 Å². The van der Waals surface area contributed by atoms with Crippen molar-refractivity contribution in [2.24, 2.45) is 5.92 Å². The molecule has 1 aliphatic heterocycles. The Balaban J connectivity index is 1.76. The Hall–Kier alpha value is -2.47. The summed E-state index contributed by atoms with van der Waals surface area (Å²) in [6.45, 7) is 3.99. The van der Waals surface area contributed by atoms with Crippen LogP contribution < -0.4 is 0 Å². The quantitative estimate of drug-likeness (QED) is 0.368. The van der Waals surface area contributed by atoms with Gasteiger partial charge in [-0.2, -0.15) is 0 Å². The first-order chi connectivity index (χ1) is 16.3. The van der Waals surface area contributed by atoms with E-state index in [-0.39, 0.29) is 43.3 Å². The van der Waals surface area contributed by atoms with Crippen LogP contribution in [0.3, 0.4) is 0 Å². The van der Waals surface area contributed by atoms with E-state index in [0.717, 1.165) is 17.5 Å². The summed E-state index contributed by atoms with van der Waals surface area (Å²) in [6, 6.07) is 7.70. The van der Waals surface area contributed by atoms with Crippen LogP contribution in [0.5, 0.6) is 0 Å². The van der Waals surface area contributed by atoms with Gasteiger partial charge in [-0.3, -0.25) is 9.59 Å². The van der Waals surface area contributed by atoms with Gasteiger partial charge in [0.15, 0.2) is 0 Å². The Morgan fingerprint density at radius 3 is 2.71 bits per heavy atom. The van der Waals surface area contributed by atoms with Gasteiger partial charge in [0.05, 0.1) is 11.7 Å². The number of nitrogens with zero attached hydrogens (tertiary/aromatic N) is 1. The molecule has 0 spiro atoms. The number of aryl methyl sites for hydroxylation is 1. The number of carbonyl (C=O) groups is 2. The zero-order valence-electron chi connectivity index (χ0n) is 19.7. The third-order valence-corrected chi connectivity index (χ3v) is 6.17. The average molecular weight is 488 g/mol. The number of fused-ring (bicyclic) bond motifs is 1. The van der Waals surface area contributed by atoms with Crippen LogP contribution in [0.1, 0.15) is 31.4 Å². The van der Waals surface area contributed by atoms with Crippen LogP contribution in [-0.4, -0.2) is 71.2 Å². The molecule has 1 aromatic rings. The van der Waals surface area contributed by atoms with E-state index in [4.69, 9.17) is 9.47 Å².